The molecular formula is C17H20F2N4O2. The van der Waals surface area contributed by atoms with Crippen LogP contribution in [0.4, 0.5) is 8.78 Å². The molecule has 1 amide bonds. The standard InChI is InChI=1S/C17H20F2N4O2/c18-13-6-5-12(14(19)8-13)4-3-11-2-1-7-23(9-11)10-15-21-17(16(20)24)22-25-15/h5-6,8,11H,1-4,7,9-10H2,(H2,20,24)/t11-/m0/s1. The smallest absolute Gasteiger partial charge is 0.290 e. The lowest BCUT2D eigenvalue weighted by molar-refractivity contribution is 0.0987. The van der Waals surface area contributed by atoms with Gasteiger partial charge in [0.1, 0.15) is 11.6 Å². The molecule has 1 aliphatic heterocycles. The van der Waals surface area contributed by atoms with Crippen molar-refractivity contribution in [1.29, 1.82) is 0 Å². The molecule has 1 atom stereocenters. The molecule has 1 fully saturated rings. The number of hydrogen-bond donors (Lipinski definition) is 1. The van der Waals surface area contributed by atoms with Crippen LogP contribution in [-0.4, -0.2) is 34.0 Å². The summed E-state index contributed by atoms with van der Waals surface area (Å²) in [5.41, 5.74) is 5.65. The lowest BCUT2D eigenvalue weighted by Crippen LogP contribution is -2.35. The summed E-state index contributed by atoms with van der Waals surface area (Å²) in [4.78, 5) is 17.1. The summed E-state index contributed by atoms with van der Waals surface area (Å²) in [7, 11) is 0. The Balaban J connectivity index is 1.52. The quantitative estimate of drug-likeness (QED) is 0.864. The Morgan fingerprint density at radius 1 is 1.40 bits per heavy atom. The Kier molecular flexibility index (Phi) is 5.37. The van der Waals surface area contributed by atoms with Crippen LogP contribution in [0.2, 0.25) is 0 Å². The minimum absolute atomic E-state index is 0.115. The molecule has 1 aromatic carbocycles. The van der Waals surface area contributed by atoms with Crippen LogP contribution in [0.15, 0.2) is 22.7 Å². The Hall–Kier alpha value is -2.35. The molecule has 6 nitrogen and oxygen atoms in total. The number of likely N-dealkylation sites (tertiary alicyclic amines) is 1. The molecule has 2 aromatic rings. The zero-order chi connectivity index (χ0) is 17.8. The number of benzene rings is 1. The van der Waals surface area contributed by atoms with Crippen molar-refractivity contribution in [2.24, 2.45) is 11.7 Å². The van der Waals surface area contributed by atoms with E-state index in [9.17, 15) is 13.6 Å². The van der Waals surface area contributed by atoms with Crippen LogP contribution < -0.4 is 5.73 Å². The molecule has 3 rings (SSSR count). The number of hydrogen-bond acceptors (Lipinski definition) is 5. The zero-order valence-corrected chi connectivity index (χ0v) is 13.8. The number of amides is 1. The largest absolute Gasteiger partial charge is 0.363 e. The predicted octanol–water partition coefficient (Wildman–Crippen LogP) is 2.29. The first-order chi connectivity index (χ1) is 12.0. The first-order valence-electron chi connectivity index (χ1n) is 8.30. The van der Waals surface area contributed by atoms with Crippen LogP contribution >= 0.6 is 0 Å². The summed E-state index contributed by atoms with van der Waals surface area (Å²) in [5.74, 6) is -1.10. The molecule has 134 valence electrons. The van der Waals surface area contributed by atoms with Crippen molar-refractivity contribution < 1.29 is 18.1 Å². The van der Waals surface area contributed by atoms with Gasteiger partial charge in [-0.15, -0.1) is 0 Å². The third-order valence-corrected chi connectivity index (χ3v) is 4.49. The maximum atomic E-state index is 13.7. The fourth-order valence-corrected chi connectivity index (χ4v) is 3.23. The van der Waals surface area contributed by atoms with E-state index in [2.05, 4.69) is 15.0 Å². The third kappa shape index (κ3) is 4.60. The van der Waals surface area contributed by atoms with Gasteiger partial charge in [0.15, 0.2) is 0 Å². The minimum atomic E-state index is -0.715. The van der Waals surface area contributed by atoms with Gasteiger partial charge in [-0.25, -0.2) is 8.78 Å². The van der Waals surface area contributed by atoms with E-state index in [-0.39, 0.29) is 5.82 Å². The molecule has 0 unspecified atom stereocenters. The molecule has 8 heteroatoms. The Labute approximate surface area is 144 Å². The van der Waals surface area contributed by atoms with Gasteiger partial charge in [0.2, 0.25) is 5.89 Å². The SMILES string of the molecule is NC(=O)c1noc(CN2CCC[C@@H](CCc3ccc(F)cc3F)C2)n1. The van der Waals surface area contributed by atoms with Crippen molar-refractivity contribution >= 4 is 5.91 Å². The molecule has 0 bridgehead atoms. The molecule has 2 heterocycles. The van der Waals surface area contributed by atoms with E-state index in [1.807, 2.05) is 0 Å². The molecule has 2 N–H and O–H groups in total. The number of carbonyl (C=O) groups is 1. The monoisotopic (exact) mass is 350 g/mol. The fraction of sp³-hybridized carbons (Fsp3) is 0.471. The first-order valence-corrected chi connectivity index (χ1v) is 8.30. The number of aryl methyl sites for hydroxylation is 1. The second-order valence-electron chi connectivity index (χ2n) is 6.39. The summed E-state index contributed by atoms with van der Waals surface area (Å²) in [6.45, 7) is 2.19. The Morgan fingerprint density at radius 2 is 2.24 bits per heavy atom. The van der Waals surface area contributed by atoms with Gasteiger partial charge < -0.3 is 10.3 Å². The summed E-state index contributed by atoms with van der Waals surface area (Å²) >= 11 is 0. The number of nitrogens with two attached hydrogens (primary N) is 1. The van der Waals surface area contributed by atoms with Gasteiger partial charge in [-0.05, 0) is 49.8 Å². The Morgan fingerprint density at radius 3 is 2.96 bits per heavy atom. The summed E-state index contributed by atoms with van der Waals surface area (Å²) in [5, 5.41) is 3.53. The molecule has 0 aliphatic carbocycles. The van der Waals surface area contributed by atoms with Crippen molar-refractivity contribution in [3.63, 3.8) is 0 Å². The van der Waals surface area contributed by atoms with Crippen LogP contribution in [0.1, 0.15) is 41.3 Å². The van der Waals surface area contributed by atoms with Crippen molar-refractivity contribution in [2.75, 3.05) is 13.1 Å². The number of aromatic nitrogens is 2. The van der Waals surface area contributed by atoms with Gasteiger partial charge in [-0.1, -0.05) is 11.2 Å². The van der Waals surface area contributed by atoms with Gasteiger partial charge in [-0.2, -0.15) is 4.98 Å². The normalized spacial score (nSPS) is 18.4. The lowest BCUT2D eigenvalue weighted by Gasteiger charge is -2.31. The average molecular weight is 350 g/mol. The van der Waals surface area contributed by atoms with E-state index in [4.69, 9.17) is 10.3 Å². The molecule has 0 radical (unpaired) electrons. The maximum Gasteiger partial charge on any atom is 0.290 e. The van der Waals surface area contributed by atoms with Crippen LogP contribution in [0, 0.1) is 17.6 Å². The maximum absolute atomic E-state index is 13.7. The fourth-order valence-electron chi connectivity index (χ4n) is 3.23. The third-order valence-electron chi connectivity index (χ3n) is 4.49. The van der Waals surface area contributed by atoms with Gasteiger partial charge >= 0.3 is 0 Å². The van der Waals surface area contributed by atoms with Gasteiger partial charge in [0.25, 0.3) is 11.7 Å². The summed E-state index contributed by atoms with van der Waals surface area (Å²) < 4.78 is 31.7. The highest BCUT2D eigenvalue weighted by Gasteiger charge is 2.22. The van der Waals surface area contributed by atoms with Crippen molar-refractivity contribution in [1.82, 2.24) is 15.0 Å². The zero-order valence-electron chi connectivity index (χ0n) is 13.8. The van der Waals surface area contributed by atoms with E-state index >= 15 is 0 Å². The highest BCUT2D eigenvalue weighted by atomic mass is 19.1. The van der Waals surface area contributed by atoms with Gasteiger partial charge in [-0.3, -0.25) is 9.69 Å². The van der Waals surface area contributed by atoms with Gasteiger partial charge in [0, 0.05) is 12.6 Å². The molecule has 0 spiro atoms. The van der Waals surface area contributed by atoms with Crippen molar-refractivity contribution in [3.8, 4) is 0 Å². The topological polar surface area (TPSA) is 85.2 Å². The van der Waals surface area contributed by atoms with Crippen molar-refractivity contribution in [2.45, 2.75) is 32.2 Å². The Bertz CT molecular complexity index is 750. The van der Waals surface area contributed by atoms with E-state index in [1.54, 1.807) is 0 Å². The predicted molar refractivity (Wildman–Crippen MR) is 85.5 cm³/mol. The number of carbonyl (C=O) groups excluding carboxylic acids is 1. The summed E-state index contributed by atoms with van der Waals surface area (Å²) in [6.07, 6.45) is 3.50. The van der Waals surface area contributed by atoms with E-state index < -0.39 is 17.5 Å². The number of piperidine rings is 1. The van der Waals surface area contributed by atoms with Crippen LogP contribution in [0.25, 0.3) is 0 Å². The highest BCUT2D eigenvalue weighted by Crippen LogP contribution is 2.23. The first kappa shape index (κ1) is 17.5. The van der Waals surface area contributed by atoms with E-state index in [0.29, 0.717) is 30.3 Å². The average Bonchev–Trinajstić information content (AvgIpc) is 3.03. The number of halogens is 2. The highest BCUT2D eigenvalue weighted by molar-refractivity contribution is 5.88. The second kappa shape index (κ2) is 7.69. The van der Waals surface area contributed by atoms with Crippen molar-refractivity contribution in [3.05, 3.63) is 47.1 Å². The molecule has 0 saturated carbocycles. The minimum Gasteiger partial charge on any atom is -0.363 e. The number of primary amides is 1. The van der Waals surface area contributed by atoms with Crippen LogP contribution in [0.5, 0.6) is 0 Å². The second-order valence-corrected chi connectivity index (χ2v) is 6.39. The van der Waals surface area contributed by atoms with Crippen LogP contribution in [-0.2, 0) is 13.0 Å². The van der Waals surface area contributed by atoms with Gasteiger partial charge in [0.05, 0.1) is 6.54 Å². The van der Waals surface area contributed by atoms with E-state index in [0.717, 1.165) is 38.4 Å². The molecular weight excluding hydrogens is 330 g/mol. The number of rotatable bonds is 6. The van der Waals surface area contributed by atoms with Crippen LogP contribution in [0.3, 0.4) is 0 Å². The molecule has 1 aliphatic rings. The molecule has 1 saturated heterocycles. The summed E-state index contributed by atoms with van der Waals surface area (Å²) in [6, 6.07) is 3.72. The van der Waals surface area contributed by atoms with E-state index in [1.165, 1.54) is 12.1 Å². The molecule has 25 heavy (non-hydrogen) atoms. The molecule has 1 aromatic heterocycles. The lowest BCUT2D eigenvalue weighted by atomic mass is 9.91. The number of nitrogens with zero attached hydrogens (tertiary/aromatic N) is 3.